The highest BCUT2D eigenvalue weighted by Gasteiger charge is 2.25. The van der Waals surface area contributed by atoms with Crippen molar-refractivity contribution >= 4 is 33.4 Å². The predicted molar refractivity (Wildman–Crippen MR) is 131 cm³/mol. The number of aryl methyl sites for hydroxylation is 2. The Morgan fingerprint density at radius 1 is 1.00 bits per heavy atom. The number of halogens is 1. The highest BCUT2D eigenvalue weighted by molar-refractivity contribution is 9.10. The summed E-state index contributed by atoms with van der Waals surface area (Å²) in [6, 6.07) is 20.7. The maximum absolute atomic E-state index is 13.2. The van der Waals surface area contributed by atoms with Gasteiger partial charge in [-0.3, -0.25) is 9.59 Å². The van der Waals surface area contributed by atoms with Crippen LogP contribution in [0.2, 0.25) is 0 Å². The molecule has 3 rings (SSSR count). The Labute approximate surface area is 197 Å². The van der Waals surface area contributed by atoms with E-state index in [0.717, 1.165) is 21.2 Å². The van der Waals surface area contributed by atoms with Crippen molar-refractivity contribution in [3.05, 3.63) is 93.5 Å². The van der Waals surface area contributed by atoms with Crippen LogP contribution in [0.5, 0.6) is 5.75 Å². The number of likely N-dealkylation sites (N-methyl/N-ethyl adjacent to an activating group) is 1. The first-order valence-corrected chi connectivity index (χ1v) is 11.2. The van der Waals surface area contributed by atoms with Crippen molar-refractivity contribution in [3.63, 3.8) is 0 Å². The molecule has 166 valence electrons. The Balaban J connectivity index is 1.75. The maximum Gasteiger partial charge on any atom is 0.267 e. The van der Waals surface area contributed by atoms with Crippen LogP contribution in [0.1, 0.15) is 34.0 Å². The van der Waals surface area contributed by atoms with Gasteiger partial charge in [0.05, 0.1) is 11.3 Å². The molecule has 0 spiro atoms. The Morgan fingerprint density at radius 2 is 1.59 bits per heavy atom. The summed E-state index contributed by atoms with van der Waals surface area (Å²) in [6.45, 7) is 6.02. The molecule has 1 atom stereocenters. The fraction of sp³-hybridized carbons (Fsp3) is 0.231. The first kappa shape index (κ1) is 23.5. The lowest BCUT2D eigenvalue weighted by Gasteiger charge is -2.25. The number of hydrogen-bond donors (Lipinski definition) is 1. The Kier molecular flexibility index (Phi) is 7.70. The highest BCUT2D eigenvalue weighted by Crippen LogP contribution is 2.29. The number of nitrogens with zero attached hydrogens (tertiary/aromatic N) is 1. The quantitative estimate of drug-likeness (QED) is 0.476. The molecule has 0 aliphatic rings. The van der Waals surface area contributed by atoms with Crippen molar-refractivity contribution in [1.29, 1.82) is 0 Å². The Morgan fingerprint density at radius 3 is 2.25 bits per heavy atom. The number of nitrogens with one attached hydrogen (secondary N) is 1. The van der Waals surface area contributed by atoms with E-state index in [9.17, 15) is 9.59 Å². The summed E-state index contributed by atoms with van der Waals surface area (Å²) in [5.74, 6) is 0.212. The van der Waals surface area contributed by atoms with Crippen molar-refractivity contribution in [2.24, 2.45) is 0 Å². The van der Waals surface area contributed by atoms with E-state index >= 15 is 0 Å². The second-order valence-electron chi connectivity index (χ2n) is 7.71. The predicted octanol–water partition coefficient (Wildman–Crippen LogP) is 5.43. The summed E-state index contributed by atoms with van der Waals surface area (Å²) in [5, 5.41) is 2.93. The lowest BCUT2D eigenvalue weighted by Crippen LogP contribution is -2.39. The molecule has 6 heteroatoms. The summed E-state index contributed by atoms with van der Waals surface area (Å²) >= 11 is 3.48. The van der Waals surface area contributed by atoms with Gasteiger partial charge in [0.25, 0.3) is 11.8 Å². The van der Waals surface area contributed by atoms with E-state index in [4.69, 9.17) is 4.74 Å². The van der Waals surface area contributed by atoms with Gasteiger partial charge in [-0.15, -0.1) is 0 Å². The summed E-state index contributed by atoms with van der Waals surface area (Å²) < 4.78 is 6.99. The summed E-state index contributed by atoms with van der Waals surface area (Å²) in [5.41, 5.74) is 3.86. The second kappa shape index (κ2) is 10.5. The monoisotopic (exact) mass is 494 g/mol. The Bertz CT molecular complexity index is 1090. The van der Waals surface area contributed by atoms with E-state index in [-0.39, 0.29) is 11.8 Å². The van der Waals surface area contributed by atoms with E-state index in [1.165, 1.54) is 4.90 Å². The molecule has 0 saturated heterocycles. The van der Waals surface area contributed by atoms with Crippen molar-refractivity contribution in [3.8, 4) is 5.75 Å². The first-order valence-electron chi connectivity index (χ1n) is 10.4. The molecule has 3 aromatic rings. The second-order valence-corrected chi connectivity index (χ2v) is 8.63. The number of anilines is 1. The van der Waals surface area contributed by atoms with Gasteiger partial charge in [0.15, 0.2) is 6.10 Å². The number of ether oxygens (including phenoxy) is 1. The molecular formula is C26H27BrN2O3. The summed E-state index contributed by atoms with van der Waals surface area (Å²) in [7, 11) is 1.66. The Hall–Kier alpha value is -3.12. The van der Waals surface area contributed by atoms with Gasteiger partial charge < -0.3 is 15.0 Å². The topological polar surface area (TPSA) is 58.6 Å². The molecule has 0 fully saturated rings. The SMILES string of the molecule is Cc1cc(Br)cc(C)c1OC(C)C(=O)N(C)c1ccccc1C(=O)NCc1ccccc1. The number of amides is 2. The van der Waals surface area contributed by atoms with E-state index < -0.39 is 6.10 Å². The molecule has 2 amide bonds. The smallest absolute Gasteiger partial charge is 0.267 e. The number of benzene rings is 3. The van der Waals surface area contributed by atoms with Crippen LogP contribution in [-0.2, 0) is 11.3 Å². The molecule has 0 aliphatic carbocycles. The van der Waals surface area contributed by atoms with Gasteiger partial charge in [0.1, 0.15) is 5.75 Å². The molecule has 0 radical (unpaired) electrons. The third-order valence-electron chi connectivity index (χ3n) is 5.20. The van der Waals surface area contributed by atoms with Crippen molar-refractivity contribution < 1.29 is 14.3 Å². The standard InChI is InChI=1S/C26H27BrN2O3/c1-17-14-21(27)15-18(2)24(17)32-19(3)26(31)29(4)23-13-9-8-12-22(23)25(30)28-16-20-10-6-5-7-11-20/h5-15,19H,16H2,1-4H3,(H,28,30). The van der Waals surface area contributed by atoms with Gasteiger partial charge >= 0.3 is 0 Å². The summed E-state index contributed by atoms with van der Waals surface area (Å²) in [4.78, 5) is 27.5. The van der Waals surface area contributed by atoms with Gasteiger partial charge in [-0.05, 0) is 61.7 Å². The zero-order valence-corrected chi connectivity index (χ0v) is 20.3. The van der Waals surface area contributed by atoms with E-state index in [0.29, 0.717) is 23.5 Å². The number of hydrogen-bond acceptors (Lipinski definition) is 3. The normalized spacial score (nSPS) is 11.5. The van der Waals surface area contributed by atoms with Crippen molar-refractivity contribution in [2.75, 3.05) is 11.9 Å². The number of rotatable bonds is 7. The number of carbonyl (C=O) groups is 2. The largest absolute Gasteiger partial charge is 0.480 e. The third kappa shape index (κ3) is 5.56. The van der Waals surface area contributed by atoms with E-state index in [1.54, 1.807) is 32.2 Å². The lowest BCUT2D eigenvalue weighted by atomic mass is 10.1. The molecule has 0 saturated carbocycles. The van der Waals surface area contributed by atoms with Gasteiger partial charge in [-0.2, -0.15) is 0 Å². The molecular weight excluding hydrogens is 468 g/mol. The minimum absolute atomic E-state index is 0.239. The fourth-order valence-electron chi connectivity index (χ4n) is 3.53. The molecule has 0 aromatic heterocycles. The molecule has 5 nitrogen and oxygen atoms in total. The number of carbonyl (C=O) groups excluding carboxylic acids is 2. The van der Waals surface area contributed by atoms with E-state index in [2.05, 4.69) is 21.2 Å². The third-order valence-corrected chi connectivity index (χ3v) is 5.66. The van der Waals surface area contributed by atoms with Crippen LogP contribution >= 0.6 is 15.9 Å². The van der Waals surface area contributed by atoms with E-state index in [1.807, 2.05) is 62.4 Å². The number of para-hydroxylation sites is 1. The van der Waals surface area contributed by atoms with Gasteiger partial charge in [0, 0.05) is 18.1 Å². The van der Waals surface area contributed by atoms with Gasteiger partial charge in [0.2, 0.25) is 0 Å². The van der Waals surface area contributed by atoms with Crippen LogP contribution < -0.4 is 15.0 Å². The molecule has 3 aromatic carbocycles. The minimum Gasteiger partial charge on any atom is -0.480 e. The van der Waals surface area contributed by atoms with Crippen molar-refractivity contribution in [2.45, 2.75) is 33.4 Å². The molecule has 1 unspecified atom stereocenters. The molecule has 0 bridgehead atoms. The average molecular weight is 495 g/mol. The lowest BCUT2D eigenvalue weighted by molar-refractivity contribution is -0.124. The first-order chi connectivity index (χ1) is 15.3. The zero-order valence-electron chi connectivity index (χ0n) is 18.7. The van der Waals surface area contributed by atoms with Crippen LogP contribution in [0.3, 0.4) is 0 Å². The average Bonchev–Trinajstić information content (AvgIpc) is 2.79. The summed E-state index contributed by atoms with van der Waals surface area (Å²) in [6.07, 6.45) is -0.723. The maximum atomic E-state index is 13.2. The van der Waals surface area contributed by atoms with Crippen LogP contribution in [0.4, 0.5) is 5.69 Å². The van der Waals surface area contributed by atoms with Gasteiger partial charge in [-0.1, -0.05) is 58.4 Å². The molecule has 0 heterocycles. The molecule has 32 heavy (non-hydrogen) atoms. The fourth-order valence-corrected chi connectivity index (χ4v) is 4.22. The van der Waals surface area contributed by atoms with Crippen LogP contribution in [0, 0.1) is 13.8 Å². The molecule has 1 N–H and O–H groups in total. The van der Waals surface area contributed by atoms with Gasteiger partial charge in [-0.25, -0.2) is 0 Å². The van der Waals surface area contributed by atoms with Crippen LogP contribution in [0.15, 0.2) is 71.2 Å². The zero-order chi connectivity index (χ0) is 23.3. The van der Waals surface area contributed by atoms with Crippen LogP contribution in [0.25, 0.3) is 0 Å². The highest BCUT2D eigenvalue weighted by atomic mass is 79.9. The molecule has 0 aliphatic heterocycles. The van der Waals surface area contributed by atoms with Crippen LogP contribution in [-0.4, -0.2) is 25.0 Å². The minimum atomic E-state index is -0.723. The van der Waals surface area contributed by atoms with Crippen molar-refractivity contribution in [1.82, 2.24) is 5.32 Å².